The second-order valence-electron chi connectivity index (χ2n) is 0. The molecule has 0 saturated heterocycles. The standard InChI is InChI=1S/Cd.H2O.O.H2Se/h;1H2;;1H2/q+2;;-2;. The van der Waals surface area contributed by atoms with Gasteiger partial charge in [0.15, 0.2) is 0 Å². The van der Waals surface area contributed by atoms with Crippen molar-refractivity contribution >= 4 is 17.1 Å². The molecule has 0 amide bonds. The third-order valence-corrected chi connectivity index (χ3v) is 0. The maximum absolute atomic E-state index is 0. The molecular formula is H4CdO2Se. The molecule has 0 bridgehead atoms. The molecule has 0 aromatic heterocycles. The van der Waals surface area contributed by atoms with E-state index >= 15 is 0 Å². The summed E-state index contributed by atoms with van der Waals surface area (Å²) in [5.74, 6) is 0. The van der Waals surface area contributed by atoms with Gasteiger partial charge in [-0.15, -0.1) is 0 Å². The molecule has 0 rings (SSSR count). The maximum atomic E-state index is 0. The first-order valence-corrected chi connectivity index (χ1v) is 0. The summed E-state index contributed by atoms with van der Waals surface area (Å²) in [5, 5.41) is 0. The van der Waals surface area contributed by atoms with Crippen LogP contribution in [-0.2, 0) is 32.8 Å². The molecule has 0 saturated carbocycles. The Labute approximate surface area is 55.2 Å². The molecule has 2 nitrogen and oxygen atoms in total. The SMILES string of the molecule is O.[Cd+2].[O-2].[SeH2]. The third-order valence-electron chi connectivity index (χ3n) is 0. The zero-order valence-electron chi connectivity index (χ0n) is 2.12. The van der Waals surface area contributed by atoms with Crippen LogP contribution >= 0.6 is 0 Å². The predicted molar refractivity (Wildman–Crippen MR) is 12.8 cm³/mol. The molecule has 0 aromatic carbocycles. The Morgan fingerprint density at radius 2 is 1.00 bits per heavy atom. The van der Waals surface area contributed by atoms with Crippen molar-refractivity contribution in [3.8, 4) is 0 Å². The Morgan fingerprint density at radius 3 is 1.00 bits per heavy atom. The molecule has 0 heterocycles. The van der Waals surface area contributed by atoms with Gasteiger partial charge in [0.05, 0.1) is 0 Å². The van der Waals surface area contributed by atoms with E-state index in [1.807, 2.05) is 0 Å². The van der Waals surface area contributed by atoms with Crippen molar-refractivity contribution in [3.63, 3.8) is 0 Å². The fraction of sp³-hybridized carbons (Fsp3) is 0. The molecule has 4 heavy (non-hydrogen) atoms. The minimum absolute atomic E-state index is 0. The molecule has 0 spiro atoms. The minimum atomic E-state index is 0. The van der Waals surface area contributed by atoms with Crippen LogP contribution < -0.4 is 0 Å². The van der Waals surface area contributed by atoms with Crippen molar-refractivity contribution in [2.24, 2.45) is 0 Å². The van der Waals surface area contributed by atoms with Gasteiger partial charge in [-0.25, -0.2) is 0 Å². The van der Waals surface area contributed by atoms with Gasteiger partial charge in [0.1, 0.15) is 0 Å². The summed E-state index contributed by atoms with van der Waals surface area (Å²) in [6, 6.07) is 0. The van der Waals surface area contributed by atoms with E-state index in [0.29, 0.717) is 0 Å². The van der Waals surface area contributed by atoms with Crippen molar-refractivity contribution in [1.82, 2.24) is 0 Å². The molecule has 0 unspecified atom stereocenters. The Bertz CT molecular complexity index is 6.00. The van der Waals surface area contributed by atoms with Crippen LogP contribution in [0.5, 0.6) is 0 Å². The van der Waals surface area contributed by atoms with Gasteiger partial charge in [0.25, 0.3) is 0 Å². The van der Waals surface area contributed by atoms with Gasteiger partial charge in [-0.05, 0) is 0 Å². The first kappa shape index (κ1) is 55.0. The summed E-state index contributed by atoms with van der Waals surface area (Å²) in [5.41, 5.74) is 0. The summed E-state index contributed by atoms with van der Waals surface area (Å²) >= 11 is 0. The van der Waals surface area contributed by atoms with Gasteiger partial charge in [-0.1, -0.05) is 0 Å². The molecule has 24 valence electrons. The first-order valence-electron chi connectivity index (χ1n) is 0. The van der Waals surface area contributed by atoms with Gasteiger partial charge in [-0.2, -0.15) is 0 Å². The molecule has 4 heteroatoms. The second-order valence-corrected chi connectivity index (χ2v) is 0. The summed E-state index contributed by atoms with van der Waals surface area (Å²) in [4.78, 5) is 0. The average molecular weight is 227 g/mol. The van der Waals surface area contributed by atoms with Crippen LogP contribution in [0.4, 0.5) is 0 Å². The van der Waals surface area contributed by atoms with E-state index in [9.17, 15) is 0 Å². The second kappa shape index (κ2) is 26.6. The van der Waals surface area contributed by atoms with Crippen LogP contribution in [0.25, 0.3) is 0 Å². The summed E-state index contributed by atoms with van der Waals surface area (Å²) < 4.78 is 0. The quantitative estimate of drug-likeness (QED) is 0.436. The topological polar surface area (TPSA) is 60.0 Å². The zero-order chi connectivity index (χ0) is 0. The normalized spacial score (nSPS) is 0. The van der Waals surface area contributed by atoms with Gasteiger partial charge in [-0.3, -0.25) is 0 Å². The summed E-state index contributed by atoms with van der Waals surface area (Å²) in [6.07, 6.45) is 0. The van der Waals surface area contributed by atoms with Gasteiger partial charge in [0, 0.05) is 0 Å². The molecule has 0 aromatic rings. The molecular weight excluding hydrogens is 223 g/mol. The van der Waals surface area contributed by atoms with Crippen molar-refractivity contribution < 1.29 is 38.3 Å². The van der Waals surface area contributed by atoms with E-state index in [1.54, 1.807) is 0 Å². The number of hydrogen-bond acceptors (Lipinski definition) is 0. The van der Waals surface area contributed by atoms with Crippen molar-refractivity contribution in [2.45, 2.75) is 0 Å². The van der Waals surface area contributed by atoms with E-state index in [1.165, 1.54) is 0 Å². The van der Waals surface area contributed by atoms with Crippen molar-refractivity contribution in [3.05, 3.63) is 0 Å². The Morgan fingerprint density at radius 1 is 1.00 bits per heavy atom. The van der Waals surface area contributed by atoms with Gasteiger partial charge in [0.2, 0.25) is 0 Å². The molecule has 0 aliphatic rings. The van der Waals surface area contributed by atoms with E-state index in [0.717, 1.165) is 0 Å². The predicted octanol–water partition coefficient (Wildman–Crippen LogP) is -1.86. The van der Waals surface area contributed by atoms with E-state index in [2.05, 4.69) is 0 Å². The monoisotopic (exact) mass is 230 g/mol. The Kier molecular flexibility index (Phi) is 366. The summed E-state index contributed by atoms with van der Waals surface area (Å²) in [7, 11) is 0. The Hall–Kier alpha value is 1.36. The van der Waals surface area contributed by atoms with Crippen LogP contribution in [0.1, 0.15) is 0 Å². The van der Waals surface area contributed by atoms with Gasteiger partial charge >= 0.3 is 44.4 Å². The fourth-order valence-corrected chi connectivity index (χ4v) is 0. The van der Waals surface area contributed by atoms with Crippen LogP contribution in [0, 0.1) is 0 Å². The zero-order valence-corrected chi connectivity index (χ0v) is 8.25. The summed E-state index contributed by atoms with van der Waals surface area (Å²) in [6.45, 7) is 0. The molecule has 2 N–H and O–H groups in total. The molecule has 0 aliphatic heterocycles. The van der Waals surface area contributed by atoms with E-state index in [4.69, 9.17) is 0 Å². The molecule has 0 atom stereocenters. The number of hydrogen-bond donors (Lipinski definition) is 0. The molecule has 0 fully saturated rings. The van der Waals surface area contributed by atoms with Crippen LogP contribution in [0.2, 0.25) is 0 Å². The average Bonchev–Trinajstić information content (AvgIpc) is 0. The van der Waals surface area contributed by atoms with E-state index < -0.39 is 0 Å². The Balaban J connectivity index is 0. The van der Waals surface area contributed by atoms with Crippen molar-refractivity contribution in [1.29, 1.82) is 0 Å². The van der Waals surface area contributed by atoms with Crippen LogP contribution in [0.3, 0.4) is 0 Å². The fourth-order valence-electron chi connectivity index (χ4n) is 0. The van der Waals surface area contributed by atoms with Crippen LogP contribution in [0.15, 0.2) is 0 Å². The van der Waals surface area contributed by atoms with E-state index in [-0.39, 0.29) is 55.3 Å². The van der Waals surface area contributed by atoms with Gasteiger partial charge < -0.3 is 11.0 Å². The van der Waals surface area contributed by atoms with Crippen LogP contribution in [-0.4, -0.2) is 22.5 Å². The molecule has 0 aliphatic carbocycles. The molecule has 0 radical (unpaired) electrons. The third kappa shape index (κ3) is 10.1. The van der Waals surface area contributed by atoms with Crippen molar-refractivity contribution in [2.75, 3.05) is 0 Å². The first-order chi connectivity index (χ1) is 0. The number of rotatable bonds is 0.